The number of pyridine rings is 1. The topological polar surface area (TPSA) is 65.2 Å². The van der Waals surface area contributed by atoms with Crippen LogP contribution in [0.3, 0.4) is 0 Å². The summed E-state index contributed by atoms with van der Waals surface area (Å²) in [6, 6.07) is 1.93. The number of nitrogen functional groups attached to an aromatic ring is 1. The number of aromatic nitrogens is 1. The molecular weight excluding hydrogens is 216 g/mol. The lowest BCUT2D eigenvalue weighted by Gasteiger charge is -2.12. The van der Waals surface area contributed by atoms with Gasteiger partial charge in [0.1, 0.15) is 5.82 Å². The second kappa shape index (κ2) is 3.22. The van der Waals surface area contributed by atoms with Crippen molar-refractivity contribution in [3.05, 3.63) is 23.4 Å². The molecule has 0 saturated heterocycles. The number of hydrogen-bond acceptors (Lipinski definition) is 4. The lowest BCUT2D eigenvalue weighted by atomic mass is 9.95. The van der Waals surface area contributed by atoms with Crippen LogP contribution in [0.2, 0.25) is 0 Å². The highest BCUT2D eigenvalue weighted by atomic mass is 16.5. The molecule has 1 aromatic rings. The lowest BCUT2D eigenvalue weighted by molar-refractivity contribution is -0.145. The van der Waals surface area contributed by atoms with E-state index in [1.54, 1.807) is 0 Å². The van der Waals surface area contributed by atoms with Gasteiger partial charge >= 0.3 is 5.97 Å². The van der Waals surface area contributed by atoms with Crippen molar-refractivity contribution in [3.63, 3.8) is 0 Å². The summed E-state index contributed by atoms with van der Waals surface area (Å²) in [5.41, 5.74) is 8.02. The average Bonchev–Trinajstić information content (AvgIpc) is 2.74. The van der Waals surface area contributed by atoms with E-state index in [1.165, 1.54) is 11.1 Å². The average molecular weight is 232 g/mol. The van der Waals surface area contributed by atoms with Gasteiger partial charge in [-0.05, 0) is 36.5 Å². The number of ether oxygens (including phenoxy) is 1. The summed E-state index contributed by atoms with van der Waals surface area (Å²) in [5.74, 6) is 0.879. The molecule has 0 spiro atoms. The van der Waals surface area contributed by atoms with Gasteiger partial charge in [-0.3, -0.25) is 4.79 Å². The highest BCUT2D eigenvalue weighted by Gasteiger charge is 2.70. The molecule has 1 heterocycles. The number of nitrogens with two attached hydrogens (primary N) is 1. The quantitative estimate of drug-likeness (QED) is 0.780. The Morgan fingerprint density at radius 2 is 2.47 bits per heavy atom. The van der Waals surface area contributed by atoms with Crippen LogP contribution in [-0.2, 0) is 21.4 Å². The molecule has 2 N–H and O–H groups in total. The van der Waals surface area contributed by atoms with Gasteiger partial charge in [0.25, 0.3) is 0 Å². The third-order valence-corrected chi connectivity index (χ3v) is 4.28. The van der Waals surface area contributed by atoms with Gasteiger partial charge in [-0.25, -0.2) is 4.98 Å². The molecule has 2 aliphatic carbocycles. The Morgan fingerprint density at radius 3 is 3.18 bits per heavy atom. The molecule has 1 fully saturated rings. The van der Waals surface area contributed by atoms with Crippen LogP contribution in [0.5, 0.6) is 0 Å². The minimum atomic E-state index is -0.0672. The Labute approximate surface area is 100 Å². The van der Waals surface area contributed by atoms with E-state index in [4.69, 9.17) is 10.5 Å². The molecule has 3 atom stereocenters. The molecule has 0 amide bonds. The van der Waals surface area contributed by atoms with Gasteiger partial charge in [0, 0.05) is 11.6 Å². The molecule has 17 heavy (non-hydrogen) atoms. The number of esters is 1. The van der Waals surface area contributed by atoms with Crippen LogP contribution >= 0.6 is 0 Å². The van der Waals surface area contributed by atoms with Crippen LogP contribution in [-0.4, -0.2) is 17.6 Å². The van der Waals surface area contributed by atoms with Crippen molar-refractivity contribution in [2.75, 3.05) is 12.3 Å². The molecule has 0 radical (unpaired) electrons. The maximum absolute atomic E-state index is 11.8. The minimum absolute atomic E-state index is 0.0142. The predicted octanol–water partition coefficient (Wildman–Crippen LogP) is 1.29. The van der Waals surface area contributed by atoms with Gasteiger partial charge in [0.05, 0.1) is 12.5 Å². The van der Waals surface area contributed by atoms with Crippen molar-refractivity contribution < 1.29 is 9.53 Å². The van der Waals surface area contributed by atoms with E-state index in [0.717, 1.165) is 6.42 Å². The van der Waals surface area contributed by atoms with Gasteiger partial charge in [-0.1, -0.05) is 6.92 Å². The first-order valence-corrected chi connectivity index (χ1v) is 6.00. The van der Waals surface area contributed by atoms with Crippen LogP contribution in [0.4, 0.5) is 5.82 Å². The summed E-state index contributed by atoms with van der Waals surface area (Å²) in [6.45, 7) is 4.42. The second-order valence-electron chi connectivity index (χ2n) is 5.09. The summed E-state index contributed by atoms with van der Waals surface area (Å²) in [6.07, 6.45) is 2.74. The number of hydrogen-bond donors (Lipinski definition) is 1. The zero-order valence-corrected chi connectivity index (χ0v) is 10.1. The summed E-state index contributed by atoms with van der Waals surface area (Å²) < 4.78 is 5.12. The van der Waals surface area contributed by atoms with Crippen LogP contribution < -0.4 is 5.73 Å². The number of anilines is 1. The van der Waals surface area contributed by atoms with E-state index in [0.29, 0.717) is 18.3 Å². The maximum atomic E-state index is 11.8. The number of carbonyl (C=O) groups is 1. The molecular formula is C13H16N2O2. The second-order valence-corrected chi connectivity index (χ2v) is 5.09. The third kappa shape index (κ3) is 1.24. The van der Waals surface area contributed by atoms with Crippen molar-refractivity contribution in [3.8, 4) is 0 Å². The minimum Gasteiger partial charge on any atom is -0.466 e. The van der Waals surface area contributed by atoms with Crippen LogP contribution in [0.25, 0.3) is 0 Å². The fraction of sp³-hybridized carbons (Fsp3) is 0.538. The molecule has 1 aromatic heterocycles. The van der Waals surface area contributed by atoms with Crippen LogP contribution in [0.15, 0.2) is 12.3 Å². The van der Waals surface area contributed by atoms with Crippen molar-refractivity contribution in [2.45, 2.75) is 25.7 Å². The van der Waals surface area contributed by atoms with E-state index in [9.17, 15) is 4.79 Å². The summed E-state index contributed by atoms with van der Waals surface area (Å²) in [5, 5.41) is 0. The normalized spacial score (nSPS) is 32.8. The monoisotopic (exact) mass is 232 g/mol. The van der Waals surface area contributed by atoms with Crippen LogP contribution in [0, 0.1) is 11.8 Å². The van der Waals surface area contributed by atoms with E-state index in [1.807, 2.05) is 19.2 Å². The molecule has 0 bridgehead atoms. The van der Waals surface area contributed by atoms with E-state index in [-0.39, 0.29) is 17.3 Å². The first-order chi connectivity index (χ1) is 8.09. The molecule has 0 aliphatic heterocycles. The van der Waals surface area contributed by atoms with E-state index in [2.05, 4.69) is 11.9 Å². The smallest absolute Gasteiger partial charge is 0.310 e. The molecule has 1 unspecified atom stereocenters. The maximum Gasteiger partial charge on any atom is 0.310 e. The fourth-order valence-corrected chi connectivity index (χ4v) is 3.35. The molecule has 4 nitrogen and oxygen atoms in total. The molecule has 3 rings (SSSR count). The number of carbonyl (C=O) groups excluding carboxylic acids is 1. The van der Waals surface area contributed by atoms with Gasteiger partial charge in [-0.15, -0.1) is 0 Å². The first-order valence-electron chi connectivity index (χ1n) is 6.00. The predicted molar refractivity (Wildman–Crippen MR) is 63.3 cm³/mol. The zero-order valence-electron chi connectivity index (χ0n) is 10.1. The summed E-state index contributed by atoms with van der Waals surface area (Å²) >= 11 is 0. The Kier molecular flexibility index (Phi) is 2.00. The van der Waals surface area contributed by atoms with Crippen molar-refractivity contribution in [2.24, 2.45) is 11.8 Å². The lowest BCUT2D eigenvalue weighted by Crippen LogP contribution is -2.16. The highest BCUT2D eigenvalue weighted by Crippen LogP contribution is 2.66. The first kappa shape index (κ1) is 10.6. The third-order valence-electron chi connectivity index (χ3n) is 4.28. The number of rotatable bonds is 2. The van der Waals surface area contributed by atoms with Gasteiger partial charge < -0.3 is 10.5 Å². The Bertz CT molecular complexity index is 500. The van der Waals surface area contributed by atoms with Crippen LogP contribution in [0.1, 0.15) is 25.0 Å². The standard InChI is InChI=1S/C13H16N2O2/c1-3-17-12(16)11-8-4-7-5-10(14)15-6-9(7)13(8,11)2/h5-6,8,11H,3-4H2,1-2H3,(H2,14,15)/t8-,11+,13?/m0/s1. The molecule has 0 aromatic carbocycles. The summed E-state index contributed by atoms with van der Waals surface area (Å²) in [4.78, 5) is 16.0. The fourth-order valence-electron chi connectivity index (χ4n) is 3.35. The SMILES string of the molecule is CCOC(=O)[C@H]1[C@@H]2Cc3cc(N)ncc3C21C. The van der Waals surface area contributed by atoms with Gasteiger partial charge in [0.15, 0.2) is 0 Å². The highest BCUT2D eigenvalue weighted by molar-refractivity contribution is 5.81. The Morgan fingerprint density at radius 1 is 1.71 bits per heavy atom. The molecule has 1 saturated carbocycles. The van der Waals surface area contributed by atoms with E-state index >= 15 is 0 Å². The molecule has 4 heteroatoms. The molecule has 2 aliphatic rings. The van der Waals surface area contributed by atoms with E-state index < -0.39 is 0 Å². The largest absolute Gasteiger partial charge is 0.466 e. The summed E-state index contributed by atoms with van der Waals surface area (Å²) in [7, 11) is 0. The number of nitrogens with zero attached hydrogens (tertiary/aromatic N) is 1. The van der Waals surface area contributed by atoms with Crippen molar-refractivity contribution >= 4 is 11.8 Å². The van der Waals surface area contributed by atoms with Gasteiger partial charge in [0.2, 0.25) is 0 Å². The van der Waals surface area contributed by atoms with Gasteiger partial charge in [-0.2, -0.15) is 0 Å². The van der Waals surface area contributed by atoms with Crippen molar-refractivity contribution in [1.29, 1.82) is 0 Å². The Balaban J connectivity index is 1.92. The Hall–Kier alpha value is -1.58. The zero-order chi connectivity index (χ0) is 12.2. The van der Waals surface area contributed by atoms with Crippen molar-refractivity contribution in [1.82, 2.24) is 4.98 Å². The number of fused-ring (bicyclic) bond motifs is 3. The molecule has 90 valence electrons.